The molecule has 0 amide bonds. The van der Waals surface area contributed by atoms with Crippen LogP contribution in [0.15, 0.2) is 48.5 Å². The number of nitrogens with one attached hydrogen (secondary N) is 1. The van der Waals surface area contributed by atoms with E-state index in [0.717, 1.165) is 37.6 Å². The van der Waals surface area contributed by atoms with Gasteiger partial charge in [0.2, 0.25) is 0 Å². The second-order valence-electron chi connectivity index (χ2n) is 7.78. The summed E-state index contributed by atoms with van der Waals surface area (Å²) in [5, 5.41) is 3.21. The van der Waals surface area contributed by atoms with Crippen LogP contribution in [0.1, 0.15) is 47.6 Å². The second kappa shape index (κ2) is 11.7. The third-order valence-corrected chi connectivity index (χ3v) is 5.08. The topological polar surface area (TPSA) is 33.1 Å². The summed E-state index contributed by atoms with van der Waals surface area (Å²) in [6.07, 6.45) is 0.849. The van der Waals surface area contributed by atoms with Crippen LogP contribution in [0.3, 0.4) is 0 Å². The number of hydrogen-bond donors (Lipinski definition) is 1. The standard InChI is InChI=1S/C24H32N4.C2H6/c1-18-13-23(26-24(14-18)28-19(2)9-10-20(28)3)16-21-7-6-8-22(15-21)17-27(5)12-11-25-4;1-2/h6-10,13-15,25H,11-12,16-17H2,1-5H3;1-2H3. The van der Waals surface area contributed by atoms with Crippen molar-refractivity contribution in [3.05, 3.63) is 82.3 Å². The number of hydrogen-bond acceptors (Lipinski definition) is 3. The van der Waals surface area contributed by atoms with Crippen molar-refractivity contribution in [2.75, 3.05) is 27.2 Å². The summed E-state index contributed by atoms with van der Waals surface area (Å²) in [6, 6.07) is 17.5. The lowest BCUT2D eigenvalue weighted by Crippen LogP contribution is -2.26. The number of rotatable bonds is 8. The first-order valence-corrected chi connectivity index (χ1v) is 11.0. The van der Waals surface area contributed by atoms with E-state index in [2.05, 4.69) is 91.1 Å². The van der Waals surface area contributed by atoms with Gasteiger partial charge < -0.3 is 14.8 Å². The van der Waals surface area contributed by atoms with E-state index in [4.69, 9.17) is 4.98 Å². The number of nitrogens with zero attached hydrogens (tertiary/aromatic N) is 3. The maximum atomic E-state index is 4.97. The molecule has 4 nitrogen and oxygen atoms in total. The molecule has 4 heteroatoms. The molecule has 0 aliphatic carbocycles. The highest BCUT2D eigenvalue weighted by atomic mass is 15.1. The fourth-order valence-corrected chi connectivity index (χ4v) is 3.70. The van der Waals surface area contributed by atoms with Gasteiger partial charge in [-0.3, -0.25) is 0 Å². The van der Waals surface area contributed by atoms with Crippen molar-refractivity contribution in [3.63, 3.8) is 0 Å². The van der Waals surface area contributed by atoms with Crippen LogP contribution in [0.25, 0.3) is 5.82 Å². The second-order valence-corrected chi connectivity index (χ2v) is 7.78. The number of likely N-dealkylation sites (N-methyl/N-ethyl adjacent to an activating group) is 2. The van der Waals surface area contributed by atoms with Crippen LogP contribution in [0.5, 0.6) is 0 Å². The molecule has 0 spiro atoms. The molecule has 0 saturated heterocycles. The predicted molar refractivity (Wildman–Crippen MR) is 129 cm³/mol. The molecule has 0 fully saturated rings. The Morgan fingerprint density at radius 1 is 0.933 bits per heavy atom. The summed E-state index contributed by atoms with van der Waals surface area (Å²) in [6.45, 7) is 13.4. The summed E-state index contributed by atoms with van der Waals surface area (Å²) in [5.41, 5.74) is 7.45. The van der Waals surface area contributed by atoms with Crippen LogP contribution >= 0.6 is 0 Å². The largest absolute Gasteiger partial charge is 0.318 e. The summed E-state index contributed by atoms with van der Waals surface area (Å²) >= 11 is 0. The monoisotopic (exact) mass is 406 g/mol. The van der Waals surface area contributed by atoms with Crippen LogP contribution in [0.2, 0.25) is 0 Å². The molecule has 0 radical (unpaired) electrons. The van der Waals surface area contributed by atoms with E-state index in [0.29, 0.717) is 0 Å². The SMILES string of the molecule is CC.CNCCN(C)Cc1cccc(Cc2cc(C)cc(-n3c(C)ccc3C)n2)c1. The Hall–Kier alpha value is -2.43. The minimum atomic E-state index is 0.849. The molecular weight excluding hydrogens is 368 g/mol. The van der Waals surface area contributed by atoms with Crippen molar-refractivity contribution in [2.24, 2.45) is 0 Å². The van der Waals surface area contributed by atoms with E-state index in [1.165, 1.54) is 28.1 Å². The first-order chi connectivity index (χ1) is 14.5. The average molecular weight is 407 g/mol. The Balaban J connectivity index is 0.00000155. The van der Waals surface area contributed by atoms with Crippen LogP contribution in [0, 0.1) is 20.8 Å². The van der Waals surface area contributed by atoms with E-state index in [1.807, 2.05) is 20.9 Å². The third-order valence-electron chi connectivity index (χ3n) is 5.08. The van der Waals surface area contributed by atoms with Gasteiger partial charge in [0.25, 0.3) is 0 Å². The van der Waals surface area contributed by atoms with Crippen molar-refractivity contribution in [2.45, 2.75) is 47.6 Å². The number of benzene rings is 1. The molecule has 0 atom stereocenters. The van der Waals surface area contributed by atoms with Crippen molar-refractivity contribution in [1.82, 2.24) is 19.8 Å². The van der Waals surface area contributed by atoms with Gasteiger partial charge in [0.05, 0.1) is 0 Å². The maximum absolute atomic E-state index is 4.97. The molecule has 0 unspecified atom stereocenters. The van der Waals surface area contributed by atoms with Crippen molar-refractivity contribution < 1.29 is 0 Å². The van der Waals surface area contributed by atoms with E-state index >= 15 is 0 Å². The Labute approximate surface area is 183 Å². The number of pyridine rings is 1. The highest BCUT2D eigenvalue weighted by molar-refractivity contribution is 5.37. The van der Waals surface area contributed by atoms with E-state index in [-0.39, 0.29) is 0 Å². The van der Waals surface area contributed by atoms with Crippen molar-refractivity contribution >= 4 is 0 Å². The minimum Gasteiger partial charge on any atom is -0.318 e. The smallest absolute Gasteiger partial charge is 0.137 e. The quantitative estimate of drug-likeness (QED) is 0.567. The Morgan fingerprint density at radius 3 is 2.27 bits per heavy atom. The summed E-state index contributed by atoms with van der Waals surface area (Å²) < 4.78 is 2.23. The molecule has 1 aromatic carbocycles. The van der Waals surface area contributed by atoms with Crippen LogP contribution < -0.4 is 5.32 Å². The molecule has 1 N–H and O–H groups in total. The molecule has 2 aromatic heterocycles. The molecular formula is C26H38N4. The molecule has 0 aliphatic heterocycles. The van der Waals surface area contributed by atoms with Crippen LogP contribution in [-0.2, 0) is 13.0 Å². The number of aromatic nitrogens is 2. The van der Waals surface area contributed by atoms with Gasteiger partial charge in [0.1, 0.15) is 5.82 Å². The minimum absolute atomic E-state index is 0.849. The van der Waals surface area contributed by atoms with Gasteiger partial charge in [0.15, 0.2) is 0 Å². The van der Waals surface area contributed by atoms with Gasteiger partial charge in [0, 0.05) is 43.1 Å². The highest BCUT2D eigenvalue weighted by Crippen LogP contribution is 2.19. The summed E-state index contributed by atoms with van der Waals surface area (Å²) in [5.74, 6) is 1.01. The lowest BCUT2D eigenvalue weighted by molar-refractivity contribution is 0.328. The molecule has 0 saturated carbocycles. The van der Waals surface area contributed by atoms with Gasteiger partial charge in [-0.05, 0) is 75.8 Å². The molecule has 0 aliphatic rings. The zero-order valence-electron chi connectivity index (χ0n) is 19.8. The van der Waals surface area contributed by atoms with E-state index < -0.39 is 0 Å². The van der Waals surface area contributed by atoms with Crippen molar-refractivity contribution in [3.8, 4) is 5.82 Å². The fraction of sp³-hybridized carbons (Fsp3) is 0.423. The Kier molecular flexibility index (Phi) is 9.28. The van der Waals surface area contributed by atoms with Crippen LogP contribution in [-0.4, -0.2) is 41.6 Å². The summed E-state index contributed by atoms with van der Waals surface area (Å²) in [7, 11) is 4.16. The Morgan fingerprint density at radius 2 is 1.60 bits per heavy atom. The van der Waals surface area contributed by atoms with E-state index in [9.17, 15) is 0 Å². The van der Waals surface area contributed by atoms with Gasteiger partial charge >= 0.3 is 0 Å². The fourth-order valence-electron chi connectivity index (χ4n) is 3.70. The summed E-state index contributed by atoms with van der Waals surface area (Å²) in [4.78, 5) is 7.31. The molecule has 0 bridgehead atoms. The van der Waals surface area contributed by atoms with Crippen LogP contribution in [0.4, 0.5) is 0 Å². The third kappa shape index (κ3) is 6.54. The van der Waals surface area contributed by atoms with Crippen molar-refractivity contribution in [1.29, 1.82) is 0 Å². The molecule has 3 aromatic rings. The highest BCUT2D eigenvalue weighted by Gasteiger charge is 2.09. The van der Waals surface area contributed by atoms with Gasteiger partial charge in [-0.15, -0.1) is 0 Å². The Bertz CT molecular complexity index is 907. The molecule has 30 heavy (non-hydrogen) atoms. The molecule has 2 heterocycles. The lowest BCUT2D eigenvalue weighted by atomic mass is 10.0. The van der Waals surface area contributed by atoms with Gasteiger partial charge in [-0.25, -0.2) is 4.98 Å². The first-order valence-electron chi connectivity index (χ1n) is 11.0. The number of aryl methyl sites for hydroxylation is 3. The zero-order valence-corrected chi connectivity index (χ0v) is 19.8. The zero-order chi connectivity index (χ0) is 22.1. The van der Waals surface area contributed by atoms with Gasteiger partial charge in [-0.1, -0.05) is 38.1 Å². The maximum Gasteiger partial charge on any atom is 0.137 e. The molecule has 162 valence electrons. The lowest BCUT2D eigenvalue weighted by Gasteiger charge is -2.17. The molecule has 3 rings (SSSR count). The predicted octanol–water partition coefficient (Wildman–Crippen LogP) is 5.07. The van der Waals surface area contributed by atoms with E-state index in [1.54, 1.807) is 0 Å². The normalized spacial score (nSPS) is 10.8. The first kappa shape index (κ1) is 23.8. The average Bonchev–Trinajstić information content (AvgIpc) is 3.06. The van der Waals surface area contributed by atoms with Gasteiger partial charge in [-0.2, -0.15) is 0 Å².